The smallest absolute Gasteiger partial charge is 0.127 e. The quantitative estimate of drug-likeness (QED) is 0.937. The molecular weight excluding hydrogens is 294 g/mol. The van der Waals surface area contributed by atoms with Crippen LogP contribution in [-0.4, -0.2) is 24.0 Å². The largest absolute Gasteiger partial charge is 0.327 e. The molecule has 2 nitrogen and oxygen atoms in total. The van der Waals surface area contributed by atoms with Crippen LogP contribution in [0.2, 0.25) is 0 Å². The van der Waals surface area contributed by atoms with Crippen molar-refractivity contribution >= 4 is 0 Å². The minimum Gasteiger partial charge on any atom is -0.327 e. The molecule has 0 amide bonds. The fourth-order valence-electron chi connectivity index (χ4n) is 3.49. The Kier molecular flexibility index (Phi) is 5.03. The molecule has 0 bridgehead atoms. The normalized spacial score (nSPS) is 22.2. The van der Waals surface area contributed by atoms with Gasteiger partial charge in [0.15, 0.2) is 0 Å². The Hall–Kier alpha value is -1.78. The lowest BCUT2D eigenvalue weighted by Gasteiger charge is -2.36. The van der Waals surface area contributed by atoms with Crippen LogP contribution in [-0.2, 0) is 13.0 Å². The Balaban J connectivity index is 1.66. The van der Waals surface area contributed by atoms with Gasteiger partial charge < -0.3 is 5.73 Å². The van der Waals surface area contributed by atoms with Gasteiger partial charge in [-0.25, -0.2) is 8.78 Å². The Labute approximate surface area is 135 Å². The second kappa shape index (κ2) is 7.20. The van der Waals surface area contributed by atoms with Gasteiger partial charge in [-0.05, 0) is 42.5 Å². The van der Waals surface area contributed by atoms with E-state index in [1.807, 2.05) is 18.2 Å². The average molecular weight is 316 g/mol. The SMILES string of the molecule is NC1CC(Cc2cccc(F)c2)CN(Cc2ccccc2F)C1. The van der Waals surface area contributed by atoms with E-state index >= 15 is 0 Å². The summed E-state index contributed by atoms with van der Waals surface area (Å²) in [5, 5.41) is 0. The number of rotatable bonds is 4. The molecule has 2 N–H and O–H groups in total. The third-order valence-electron chi connectivity index (χ3n) is 4.41. The van der Waals surface area contributed by atoms with E-state index < -0.39 is 0 Å². The van der Waals surface area contributed by atoms with Gasteiger partial charge in [0.2, 0.25) is 0 Å². The highest BCUT2D eigenvalue weighted by molar-refractivity contribution is 5.18. The van der Waals surface area contributed by atoms with Crippen molar-refractivity contribution in [3.8, 4) is 0 Å². The molecule has 3 rings (SSSR count). The van der Waals surface area contributed by atoms with Gasteiger partial charge in [0, 0.05) is 31.2 Å². The van der Waals surface area contributed by atoms with Crippen LogP contribution in [0.25, 0.3) is 0 Å². The minimum atomic E-state index is -0.203. The molecule has 1 fully saturated rings. The van der Waals surface area contributed by atoms with E-state index in [0.717, 1.165) is 31.5 Å². The molecule has 1 aliphatic rings. The van der Waals surface area contributed by atoms with Crippen molar-refractivity contribution in [1.29, 1.82) is 0 Å². The molecule has 0 aromatic heterocycles. The summed E-state index contributed by atoms with van der Waals surface area (Å²) in [6.45, 7) is 2.20. The van der Waals surface area contributed by atoms with Crippen LogP contribution in [0.4, 0.5) is 8.78 Å². The number of hydrogen-bond acceptors (Lipinski definition) is 2. The lowest BCUT2D eigenvalue weighted by molar-refractivity contribution is 0.148. The van der Waals surface area contributed by atoms with E-state index in [1.54, 1.807) is 18.2 Å². The molecule has 2 atom stereocenters. The second-order valence-corrected chi connectivity index (χ2v) is 6.48. The van der Waals surface area contributed by atoms with Crippen LogP contribution in [0.3, 0.4) is 0 Å². The van der Waals surface area contributed by atoms with Crippen LogP contribution in [0.5, 0.6) is 0 Å². The molecule has 1 heterocycles. The molecule has 4 heteroatoms. The summed E-state index contributed by atoms with van der Waals surface area (Å²) in [6.07, 6.45) is 1.73. The van der Waals surface area contributed by atoms with E-state index in [0.29, 0.717) is 18.0 Å². The first-order valence-electron chi connectivity index (χ1n) is 8.06. The van der Waals surface area contributed by atoms with Crippen LogP contribution < -0.4 is 5.73 Å². The molecular formula is C19H22F2N2. The number of halogens is 2. The molecule has 1 saturated heterocycles. The molecule has 0 aliphatic carbocycles. The first-order chi connectivity index (χ1) is 11.1. The van der Waals surface area contributed by atoms with Crippen molar-refractivity contribution in [2.45, 2.75) is 25.4 Å². The first kappa shape index (κ1) is 16.1. The zero-order valence-electron chi connectivity index (χ0n) is 13.1. The van der Waals surface area contributed by atoms with Crippen LogP contribution >= 0.6 is 0 Å². The molecule has 2 unspecified atom stereocenters. The van der Waals surface area contributed by atoms with Crippen LogP contribution in [0, 0.1) is 17.6 Å². The Morgan fingerprint density at radius 3 is 2.65 bits per heavy atom. The lowest BCUT2D eigenvalue weighted by atomic mass is 9.89. The van der Waals surface area contributed by atoms with Crippen molar-refractivity contribution in [2.24, 2.45) is 11.7 Å². The van der Waals surface area contributed by atoms with Crippen molar-refractivity contribution in [3.05, 3.63) is 71.3 Å². The Bertz CT molecular complexity index is 659. The van der Waals surface area contributed by atoms with Crippen molar-refractivity contribution < 1.29 is 8.78 Å². The van der Waals surface area contributed by atoms with Crippen molar-refractivity contribution in [1.82, 2.24) is 4.90 Å². The van der Waals surface area contributed by atoms with Gasteiger partial charge >= 0.3 is 0 Å². The highest BCUT2D eigenvalue weighted by Gasteiger charge is 2.25. The number of hydrogen-bond donors (Lipinski definition) is 1. The zero-order chi connectivity index (χ0) is 16.2. The lowest BCUT2D eigenvalue weighted by Crippen LogP contribution is -2.47. The van der Waals surface area contributed by atoms with Crippen molar-refractivity contribution in [3.63, 3.8) is 0 Å². The molecule has 2 aromatic carbocycles. The van der Waals surface area contributed by atoms with Gasteiger partial charge in [-0.1, -0.05) is 30.3 Å². The molecule has 122 valence electrons. The Morgan fingerprint density at radius 1 is 1.04 bits per heavy atom. The summed E-state index contributed by atoms with van der Waals surface area (Å²) in [4.78, 5) is 2.20. The Morgan fingerprint density at radius 2 is 1.87 bits per heavy atom. The van der Waals surface area contributed by atoms with Gasteiger partial charge in [-0.15, -0.1) is 0 Å². The fraction of sp³-hybridized carbons (Fsp3) is 0.368. The highest BCUT2D eigenvalue weighted by Crippen LogP contribution is 2.23. The third-order valence-corrected chi connectivity index (χ3v) is 4.41. The predicted molar refractivity (Wildman–Crippen MR) is 87.9 cm³/mol. The molecule has 2 aromatic rings. The molecule has 0 radical (unpaired) electrons. The third kappa shape index (κ3) is 4.36. The standard InChI is InChI=1S/C19H22F2N2/c20-17-6-3-4-14(9-17)8-15-10-18(22)13-23(11-15)12-16-5-1-2-7-19(16)21/h1-7,9,15,18H,8,10-13,22H2. The topological polar surface area (TPSA) is 29.3 Å². The highest BCUT2D eigenvalue weighted by atomic mass is 19.1. The summed E-state index contributed by atoms with van der Waals surface area (Å²) in [5.74, 6) is -0.00790. The summed E-state index contributed by atoms with van der Waals surface area (Å²) < 4.78 is 27.2. The zero-order valence-corrected chi connectivity index (χ0v) is 13.1. The number of nitrogens with zero attached hydrogens (tertiary/aromatic N) is 1. The molecule has 1 aliphatic heterocycles. The average Bonchev–Trinajstić information content (AvgIpc) is 2.49. The van der Waals surface area contributed by atoms with Crippen molar-refractivity contribution in [2.75, 3.05) is 13.1 Å². The number of benzene rings is 2. The molecule has 0 saturated carbocycles. The fourth-order valence-corrected chi connectivity index (χ4v) is 3.49. The van der Waals surface area contributed by atoms with E-state index in [1.165, 1.54) is 12.1 Å². The molecule has 23 heavy (non-hydrogen) atoms. The summed E-state index contributed by atoms with van der Waals surface area (Å²) in [7, 11) is 0. The summed E-state index contributed by atoms with van der Waals surface area (Å²) in [6, 6.07) is 13.7. The van der Waals surface area contributed by atoms with E-state index in [9.17, 15) is 8.78 Å². The molecule has 0 spiro atoms. The number of nitrogens with two attached hydrogens (primary N) is 1. The van der Waals surface area contributed by atoms with Gasteiger partial charge in [0.05, 0.1) is 0 Å². The monoisotopic (exact) mass is 316 g/mol. The summed E-state index contributed by atoms with van der Waals surface area (Å²) >= 11 is 0. The second-order valence-electron chi connectivity index (χ2n) is 6.48. The number of piperidine rings is 1. The maximum absolute atomic E-state index is 13.8. The van der Waals surface area contributed by atoms with E-state index in [4.69, 9.17) is 5.73 Å². The van der Waals surface area contributed by atoms with Gasteiger partial charge in [-0.3, -0.25) is 4.90 Å². The van der Waals surface area contributed by atoms with E-state index in [2.05, 4.69) is 4.90 Å². The summed E-state index contributed by atoms with van der Waals surface area (Å²) in [5.41, 5.74) is 7.88. The number of likely N-dealkylation sites (tertiary alicyclic amines) is 1. The predicted octanol–water partition coefficient (Wildman–Crippen LogP) is 3.36. The van der Waals surface area contributed by atoms with E-state index in [-0.39, 0.29) is 17.7 Å². The maximum Gasteiger partial charge on any atom is 0.127 e. The van der Waals surface area contributed by atoms with Crippen LogP contribution in [0.15, 0.2) is 48.5 Å². The minimum absolute atomic E-state index is 0.0779. The van der Waals surface area contributed by atoms with Crippen LogP contribution in [0.1, 0.15) is 17.5 Å². The first-order valence-corrected chi connectivity index (χ1v) is 8.06. The van der Waals surface area contributed by atoms with Gasteiger partial charge in [0.1, 0.15) is 11.6 Å². The van der Waals surface area contributed by atoms with Gasteiger partial charge in [-0.2, -0.15) is 0 Å². The van der Waals surface area contributed by atoms with Gasteiger partial charge in [0.25, 0.3) is 0 Å². The maximum atomic E-state index is 13.8.